The Kier molecular flexibility index (Phi) is 6.98. The van der Waals surface area contributed by atoms with Crippen molar-refractivity contribution < 1.29 is 9.47 Å². The molecule has 6 rings (SSSR count). The Morgan fingerprint density at radius 2 is 1.64 bits per heavy atom. The largest absolute Gasteiger partial charge is 0.381 e. The minimum atomic E-state index is 0.379. The molecule has 0 amide bonds. The molecule has 3 aliphatic rings. The third-order valence-electron chi connectivity index (χ3n) is 7.70. The van der Waals surface area contributed by atoms with E-state index in [1.807, 2.05) is 36.1 Å². The molecule has 0 bridgehead atoms. The van der Waals surface area contributed by atoms with Gasteiger partial charge in [-0.25, -0.2) is 9.97 Å². The summed E-state index contributed by atoms with van der Waals surface area (Å²) < 4.78 is 13.1. The number of rotatable bonds is 6. The predicted molar refractivity (Wildman–Crippen MR) is 139 cm³/mol. The van der Waals surface area contributed by atoms with E-state index >= 15 is 0 Å². The molecule has 2 saturated heterocycles. The molecule has 0 aromatic carbocycles. The van der Waals surface area contributed by atoms with Gasteiger partial charge in [0.25, 0.3) is 0 Å². The molecule has 36 heavy (non-hydrogen) atoms. The van der Waals surface area contributed by atoms with E-state index in [4.69, 9.17) is 24.4 Å². The van der Waals surface area contributed by atoms with Crippen LogP contribution in [0.15, 0.2) is 24.5 Å². The average Bonchev–Trinajstić information content (AvgIpc) is 3.39. The monoisotopic (exact) mass is 492 g/mol. The number of ether oxygens (including phenoxy) is 2. The van der Waals surface area contributed by atoms with Crippen LogP contribution in [0.25, 0.3) is 11.0 Å². The number of anilines is 3. The van der Waals surface area contributed by atoms with E-state index in [1.165, 1.54) is 12.8 Å². The molecule has 3 aromatic rings. The highest BCUT2D eigenvalue weighted by Crippen LogP contribution is 2.29. The van der Waals surface area contributed by atoms with Gasteiger partial charge in [0.1, 0.15) is 5.52 Å². The first-order chi connectivity index (χ1) is 17.7. The fourth-order valence-corrected chi connectivity index (χ4v) is 5.67. The SMILES string of the molecule is Cc1ccc2nc(Nc3cnn(C4CCOCC4)c3)nc(N[C@H]3CC[C@H](N4CCOCC4)CC3)c2n1. The topological polar surface area (TPSA) is 102 Å². The van der Waals surface area contributed by atoms with E-state index in [9.17, 15) is 0 Å². The van der Waals surface area contributed by atoms with E-state index in [0.717, 1.165) is 93.4 Å². The molecule has 10 heteroatoms. The number of pyridine rings is 1. The van der Waals surface area contributed by atoms with Crippen molar-refractivity contribution in [3.63, 3.8) is 0 Å². The van der Waals surface area contributed by atoms with E-state index in [0.29, 0.717) is 24.1 Å². The lowest BCUT2D eigenvalue weighted by Gasteiger charge is -2.39. The molecule has 0 atom stereocenters. The Labute approximate surface area is 211 Å². The summed E-state index contributed by atoms with van der Waals surface area (Å²) in [6.45, 7) is 7.42. The number of morpholine rings is 1. The van der Waals surface area contributed by atoms with Crippen LogP contribution in [-0.4, -0.2) is 81.2 Å². The van der Waals surface area contributed by atoms with Crippen molar-refractivity contribution in [3.05, 3.63) is 30.2 Å². The van der Waals surface area contributed by atoms with Crippen LogP contribution in [0.3, 0.4) is 0 Å². The van der Waals surface area contributed by atoms with Gasteiger partial charge in [0.2, 0.25) is 5.95 Å². The average molecular weight is 493 g/mol. The second-order valence-corrected chi connectivity index (χ2v) is 10.2. The zero-order valence-electron chi connectivity index (χ0n) is 21.0. The third-order valence-corrected chi connectivity index (χ3v) is 7.70. The molecule has 2 aliphatic heterocycles. The van der Waals surface area contributed by atoms with E-state index in [-0.39, 0.29) is 0 Å². The second kappa shape index (κ2) is 10.7. The summed E-state index contributed by atoms with van der Waals surface area (Å²) >= 11 is 0. The summed E-state index contributed by atoms with van der Waals surface area (Å²) in [5.41, 5.74) is 3.51. The Morgan fingerprint density at radius 1 is 0.861 bits per heavy atom. The lowest BCUT2D eigenvalue weighted by Crippen LogP contribution is -2.46. The van der Waals surface area contributed by atoms with Crippen LogP contribution in [0.5, 0.6) is 0 Å². The Balaban J connectivity index is 1.17. The van der Waals surface area contributed by atoms with Crippen molar-refractivity contribution in [2.75, 3.05) is 50.2 Å². The molecule has 0 unspecified atom stereocenters. The maximum absolute atomic E-state index is 5.54. The van der Waals surface area contributed by atoms with Gasteiger partial charge >= 0.3 is 0 Å². The number of nitrogens with one attached hydrogen (secondary N) is 2. The fraction of sp³-hybridized carbons (Fsp3) is 0.615. The van der Waals surface area contributed by atoms with Crippen molar-refractivity contribution >= 4 is 28.5 Å². The van der Waals surface area contributed by atoms with Crippen LogP contribution in [0.1, 0.15) is 50.3 Å². The number of aromatic nitrogens is 5. The summed E-state index contributed by atoms with van der Waals surface area (Å²) in [6.07, 6.45) is 10.5. The summed E-state index contributed by atoms with van der Waals surface area (Å²) in [5.74, 6) is 1.36. The summed E-state index contributed by atoms with van der Waals surface area (Å²) in [6, 6.07) is 5.45. The van der Waals surface area contributed by atoms with Crippen LogP contribution in [0.2, 0.25) is 0 Å². The van der Waals surface area contributed by atoms with Gasteiger partial charge in [-0.15, -0.1) is 0 Å². The molecule has 1 aliphatic carbocycles. The highest BCUT2D eigenvalue weighted by molar-refractivity contribution is 5.86. The standard InChI is InChI=1S/C26H36N8O2/c1-18-2-7-23-24(28-18)25(29-19-3-5-21(6-4-19)33-10-14-36-15-11-33)32-26(31-23)30-20-16-27-34(17-20)22-8-12-35-13-9-22/h2,7,16-17,19,21-22H,3-6,8-15H2,1H3,(H2,29,30,31,32)/t19-,21-. The predicted octanol–water partition coefficient (Wildman–Crippen LogP) is 3.68. The molecule has 192 valence electrons. The zero-order valence-corrected chi connectivity index (χ0v) is 21.0. The molecule has 3 aromatic heterocycles. The molecular formula is C26H36N8O2. The molecule has 0 spiro atoms. The minimum absolute atomic E-state index is 0.379. The lowest BCUT2D eigenvalue weighted by molar-refractivity contribution is 0.00791. The molecular weight excluding hydrogens is 456 g/mol. The van der Waals surface area contributed by atoms with E-state index in [2.05, 4.69) is 20.6 Å². The van der Waals surface area contributed by atoms with Crippen molar-refractivity contribution in [2.24, 2.45) is 0 Å². The summed E-state index contributed by atoms with van der Waals surface area (Å²) in [5, 5.41) is 11.7. The van der Waals surface area contributed by atoms with Gasteiger partial charge in [0.05, 0.1) is 36.7 Å². The van der Waals surface area contributed by atoms with Crippen LogP contribution in [0.4, 0.5) is 17.5 Å². The second-order valence-electron chi connectivity index (χ2n) is 10.2. The van der Waals surface area contributed by atoms with Crippen LogP contribution >= 0.6 is 0 Å². The third kappa shape index (κ3) is 5.30. The quantitative estimate of drug-likeness (QED) is 0.533. The van der Waals surface area contributed by atoms with Gasteiger partial charge in [-0.3, -0.25) is 9.58 Å². The van der Waals surface area contributed by atoms with Crippen molar-refractivity contribution in [1.29, 1.82) is 0 Å². The maximum atomic E-state index is 5.54. The molecule has 2 N–H and O–H groups in total. The number of hydrogen-bond donors (Lipinski definition) is 2. The van der Waals surface area contributed by atoms with Crippen LogP contribution in [0, 0.1) is 6.92 Å². The van der Waals surface area contributed by atoms with Gasteiger partial charge in [-0.2, -0.15) is 10.1 Å². The minimum Gasteiger partial charge on any atom is -0.381 e. The summed E-state index contributed by atoms with van der Waals surface area (Å²) in [4.78, 5) is 17.0. The number of nitrogens with zero attached hydrogens (tertiary/aromatic N) is 6. The number of aryl methyl sites for hydroxylation is 1. The van der Waals surface area contributed by atoms with E-state index in [1.54, 1.807) is 0 Å². The maximum Gasteiger partial charge on any atom is 0.229 e. The first-order valence-corrected chi connectivity index (χ1v) is 13.3. The Hall–Kier alpha value is -2.82. The van der Waals surface area contributed by atoms with Crippen molar-refractivity contribution in [1.82, 2.24) is 29.6 Å². The van der Waals surface area contributed by atoms with Crippen LogP contribution < -0.4 is 10.6 Å². The molecule has 5 heterocycles. The molecule has 0 radical (unpaired) electrons. The normalized spacial score (nSPS) is 24.1. The van der Waals surface area contributed by atoms with Crippen molar-refractivity contribution in [2.45, 2.75) is 63.6 Å². The van der Waals surface area contributed by atoms with Gasteiger partial charge in [0, 0.05) is 50.3 Å². The first-order valence-electron chi connectivity index (χ1n) is 13.3. The smallest absolute Gasteiger partial charge is 0.229 e. The zero-order chi connectivity index (χ0) is 24.3. The van der Waals surface area contributed by atoms with Gasteiger partial charge < -0.3 is 20.1 Å². The summed E-state index contributed by atoms with van der Waals surface area (Å²) in [7, 11) is 0. The number of hydrogen-bond acceptors (Lipinski definition) is 9. The molecule has 1 saturated carbocycles. The van der Waals surface area contributed by atoms with E-state index < -0.39 is 0 Å². The number of fused-ring (bicyclic) bond motifs is 1. The highest BCUT2D eigenvalue weighted by atomic mass is 16.5. The van der Waals surface area contributed by atoms with Gasteiger partial charge in [0.15, 0.2) is 5.82 Å². The fourth-order valence-electron chi connectivity index (χ4n) is 5.67. The highest BCUT2D eigenvalue weighted by Gasteiger charge is 2.27. The van der Waals surface area contributed by atoms with Gasteiger partial charge in [-0.1, -0.05) is 0 Å². The molecule has 10 nitrogen and oxygen atoms in total. The van der Waals surface area contributed by atoms with Crippen LogP contribution in [-0.2, 0) is 9.47 Å². The lowest BCUT2D eigenvalue weighted by atomic mass is 9.90. The molecule has 3 fully saturated rings. The Bertz CT molecular complexity index is 1160. The Morgan fingerprint density at radius 3 is 2.44 bits per heavy atom. The first kappa shape index (κ1) is 23.6. The van der Waals surface area contributed by atoms with Gasteiger partial charge in [-0.05, 0) is 57.6 Å². The van der Waals surface area contributed by atoms with Crippen molar-refractivity contribution in [3.8, 4) is 0 Å².